The molecule has 2 heterocycles. The van der Waals surface area contributed by atoms with E-state index in [2.05, 4.69) is 20.7 Å². The van der Waals surface area contributed by atoms with Gasteiger partial charge in [-0.3, -0.25) is 9.59 Å². The van der Waals surface area contributed by atoms with Gasteiger partial charge in [-0.25, -0.2) is 9.67 Å². The quantitative estimate of drug-likeness (QED) is 0.611. The molecule has 0 fully saturated rings. The van der Waals surface area contributed by atoms with Gasteiger partial charge in [0.05, 0.1) is 11.4 Å². The first-order valence-corrected chi connectivity index (χ1v) is 9.93. The minimum absolute atomic E-state index is 0.0195. The number of hydrogen-bond acceptors (Lipinski definition) is 5. The van der Waals surface area contributed by atoms with Crippen molar-refractivity contribution in [2.24, 2.45) is 5.92 Å². The Kier molecular flexibility index (Phi) is 6.54. The van der Waals surface area contributed by atoms with Crippen LogP contribution in [0.15, 0.2) is 54.4 Å². The van der Waals surface area contributed by atoms with Crippen LogP contribution in [0.1, 0.15) is 34.6 Å². The Balaban J connectivity index is 1.54. The fourth-order valence-corrected chi connectivity index (χ4v) is 3.35. The first-order chi connectivity index (χ1) is 13.5. The molecule has 1 atom stereocenters. The van der Waals surface area contributed by atoms with Gasteiger partial charge in [-0.1, -0.05) is 44.2 Å². The molecular formula is C20H23N5O2S. The average molecular weight is 398 g/mol. The van der Waals surface area contributed by atoms with Crippen LogP contribution in [-0.4, -0.2) is 32.6 Å². The molecule has 0 unspecified atom stereocenters. The number of rotatable bonds is 8. The first kappa shape index (κ1) is 19.8. The fourth-order valence-electron chi connectivity index (χ4n) is 2.72. The lowest BCUT2D eigenvalue weighted by molar-refractivity contribution is -0.124. The normalized spacial score (nSPS) is 12.0. The summed E-state index contributed by atoms with van der Waals surface area (Å²) in [6, 6.07) is 10.9. The Labute approximate surface area is 167 Å². The summed E-state index contributed by atoms with van der Waals surface area (Å²) < 4.78 is 1.75. The number of thiophene rings is 1. The number of nitrogens with zero attached hydrogens (tertiary/aromatic N) is 3. The van der Waals surface area contributed by atoms with E-state index in [1.54, 1.807) is 17.1 Å². The van der Waals surface area contributed by atoms with Gasteiger partial charge in [0.1, 0.15) is 18.7 Å². The third-order valence-electron chi connectivity index (χ3n) is 4.28. The third-order valence-corrected chi connectivity index (χ3v) is 5.15. The third kappa shape index (κ3) is 5.26. The predicted molar refractivity (Wildman–Crippen MR) is 108 cm³/mol. The largest absolute Gasteiger partial charge is 0.350 e. The molecule has 3 aromatic rings. The van der Waals surface area contributed by atoms with Crippen LogP contribution in [0.4, 0.5) is 0 Å². The zero-order valence-corrected chi connectivity index (χ0v) is 16.6. The van der Waals surface area contributed by atoms with Crippen molar-refractivity contribution >= 4 is 23.2 Å². The minimum atomic E-state index is -0.582. The molecule has 146 valence electrons. The topological polar surface area (TPSA) is 88.9 Å². The van der Waals surface area contributed by atoms with Crippen molar-refractivity contribution in [1.82, 2.24) is 25.4 Å². The lowest BCUT2D eigenvalue weighted by atomic mass is 10.0. The van der Waals surface area contributed by atoms with Gasteiger partial charge in [-0.05, 0) is 28.5 Å². The van der Waals surface area contributed by atoms with E-state index in [0.29, 0.717) is 18.0 Å². The molecule has 0 saturated heterocycles. The Bertz CT molecular complexity index is 889. The number of carbonyl (C=O) groups excluding carboxylic acids is 2. The maximum atomic E-state index is 12.6. The number of amides is 2. The molecule has 0 aliphatic heterocycles. The van der Waals surface area contributed by atoms with Gasteiger partial charge in [0, 0.05) is 6.54 Å². The van der Waals surface area contributed by atoms with Crippen LogP contribution in [-0.2, 0) is 17.9 Å². The highest BCUT2D eigenvalue weighted by atomic mass is 32.1. The molecule has 0 aliphatic rings. The van der Waals surface area contributed by atoms with Crippen molar-refractivity contribution in [3.63, 3.8) is 0 Å². The second-order valence-corrected chi connectivity index (χ2v) is 7.75. The molecule has 8 heteroatoms. The average Bonchev–Trinajstić information content (AvgIpc) is 3.39. The van der Waals surface area contributed by atoms with E-state index >= 15 is 0 Å². The number of aromatic nitrogens is 3. The minimum Gasteiger partial charge on any atom is -0.350 e. The van der Waals surface area contributed by atoms with Gasteiger partial charge in [0.15, 0.2) is 0 Å². The summed E-state index contributed by atoms with van der Waals surface area (Å²) in [6.07, 6.45) is 3.18. The monoisotopic (exact) mass is 397 g/mol. The summed E-state index contributed by atoms with van der Waals surface area (Å²) in [7, 11) is 0. The maximum Gasteiger partial charge on any atom is 0.262 e. The number of benzene rings is 1. The highest BCUT2D eigenvalue weighted by Crippen LogP contribution is 2.11. The lowest BCUT2D eigenvalue weighted by Crippen LogP contribution is -2.49. The van der Waals surface area contributed by atoms with Crippen molar-refractivity contribution in [2.75, 3.05) is 0 Å². The Morgan fingerprint density at radius 3 is 2.50 bits per heavy atom. The fraction of sp³-hybridized carbons (Fsp3) is 0.300. The van der Waals surface area contributed by atoms with Gasteiger partial charge >= 0.3 is 0 Å². The highest BCUT2D eigenvalue weighted by Gasteiger charge is 2.24. The van der Waals surface area contributed by atoms with E-state index in [-0.39, 0.29) is 17.7 Å². The molecule has 0 radical (unpaired) electrons. The molecule has 0 bridgehead atoms. The zero-order valence-electron chi connectivity index (χ0n) is 15.8. The molecule has 2 N–H and O–H groups in total. The molecule has 2 amide bonds. The summed E-state index contributed by atoms with van der Waals surface area (Å²) in [5, 5.41) is 11.7. The SMILES string of the molecule is CC(C)[C@H](NC(=O)c1cccs1)C(=O)NCc1ccc(Cn2cncn2)cc1. The van der Waals surface area contributed by atoms with Crippen molar-refractivity contribution in [1.29, 1.82) is 0 Å². The Hall–Kier alpha value is -3.00. The second-order valence-electron chi connectivity index (χ2n) is 6.80. The summed E-state index contributed by atoms with van der Waals surface area (Å²) >= 11 is 1.36. The Morgan fingerprint density at radius 1 is 1.14 bits per heavy atom. The second kappa shape index (κ2) is 9.27. The van der Waals surface area contributed by atoms with E-state index in [1.165, 1.54) is 17.7 Å². The van der Waals surface area contributed by atoms with Gasteiger partial charge in [0.25, 0.3) is 5.91 Å². The van der Waals surface area contributed by atoms with Crippen molar-refractivity contribution in [2.45, 2.75) is 33.0 Å². The van der Waals surface area contributed by atoms with E-state index in [1.807, 2.05) is 49.6 Å². The summed E-state index contributed by atoms with van der Waals surface area (Å²) in [6.45, 7) is 4.88. The van der Waals surface area contributed by atoms with Crippen molar-refractivity contribution < 1.29 is 9.59 Å². The number of hydrogen-bond donors (Lipinski definition) is 2. The van der Waals surface area contributed by atoms with Crippen molar-refractivity contribution in [3.8, 4) is 0 Å². The van der Waals surface area contributed by atoms with Crippen molar-refractivity contribution in [3.05, 3.63) is 70.4 Å². The highest BCUT2D eigenvalue weighted by molar-refractivity contribution is 7.12. The summed E-state index contributed by atoms with van der Waals surface area (Å²) in [5.41, 5.74) is 2.09. The van der Waals surface area contributed by atoms with Crippen LogP contribution in [0.2, 0.25) is 0 Å². The van der Waals surface area contributed by atoms with Crippen LogP contribution in [0, 0.1) is 5.92 Å². The molecule has 0 saturated carbocycles. The van der Waals surface area contributed by atoms with Crippen LogP contribution < -0.4 is 10.6 Å². The molecular weight excluding hydrogens is 374 g/mol. The summed E-state index contributed by atoms with van der Waals surface area (Å²) in [5.74, 6) is -0.429. The molecule has 3 rings (SSSR count). The molecule has 0 spiro atoms. The smallest absolute Gasteiger partial charge is 0.262 e. The molecule has 2 aromatic heterocycles. The van der Waals surface area contributed by atoms with Gasteiger partial charge in [0.2, 0.25) is 5.91 Å². The number of nitrogens with one attached hydrogen (secondary N) is 2. The van der Waals surface area contributed by atoms with Crippen LogP contribution >= 0.6 is 11.3 Å². The van der Waals surface area contributed by atoms with Gasteiger partial charge < -0.3 is 10.6 Å². The molecule has 7 nitrogen and oxygen atoms in total. The summed E-state index contributed by atoms with van der Waals surface area (Å²) in [4.78, 5) is 29.4. The Morgan fingerprint density at radius 2 is 1.89 bits per heavy atom. The van der Waals surface area contributed by atoms with E-state index in [9.17, 15) is 9.59 Å². The number of carbonyl (C=O) groups is 2. The first-order valence-electron chi connectivity index (χ1n) is 9.05. The van der Waals surface area contributed by atoms with Gasteiger partial charge in [-0.15, -0.1) is 11.3 Å². The molecule has 28 heavy (non-hydrogen) atoms. The van der Waals surface area contributed by atoms with E-state index in [0.717, 1.165) is 11.1 Å². The van der Waals surface area contributed by atoms with Crippen LogP contribution in [0.5, 0.6) is 0 Å². The zero-order chi connectivity index (χ0) is 19.9. The van der Waals surface area contributed by atoms with E-state index in [4.69, 9.17) is 0 Å². The molecule has 0 aliphatic carbocycles. The van der Waals surface area contributed by atoms with Gasteiger partial charge in [-0.2, -0.15) is 5.10 Å². The lowest BCUT2D eigenvalue weighted by Gasteiger charge is -2.21. The maximum absolute atomic E-state index is 12.6. The van der Waals surface area contributed by atoms with Crippen LogP contribution in [0.25, 0.3) is 0 Å². The standard InChI is InChI=1S/C20H23N5O2S/c1-14(2)18(24-19(26)17-4-3-9-28-17)20(27)22-10-15-5-7-16(8-6-15)11-25-13-21-12-23-25/h3-9,12-14,18H,10-11H2,1-2H3,(H,22,27)(H,24,26)/t18-/m0/s1. The van der Waals surface area contributed by atoms with Crippen LogP contribution in [0.3, 0.4) is 0 Å². The predicted octanol–water partition coefficient (Wildman–Crippen LogP) is 2.46. The molecule has 1 aromatic carbocycles. The van der Waals surface area contributed by atoms with E-state index < -0.39 is 6.04 Å².